The van der Waals surface area contributed by atoms with Crippen LogP contribution < -0.4 is 0 Å². The highest BCUT2D eigenvalue weighted by atomic mass is 14.9. The van der Waals surface area contributed by atoms with E-state index in [4.69, 9.17) is 0 Å². The van der Waals surface area contributed by atoms with Crippen molar-refractivity contribution in [2.24, 2.45) is 0 Å². The van der Waals surface area contributed by atoms with Gasteiger partial charge in [0.25, 0.3) is 0 Å². The van der Waals surface area contributed by atoms with E-state index in [-0.39, 0.29) is 0 Å². The predicted molar refractivity (Wildman–Crippen MR) is 97.8 cm³/mol. The van der Waals surface area contributed by atoms with Crippen LogP contribution in [0.2, 0.25) is 0 Å². The van der Waals surface area contributed by atoms with Crippen molar-refractivity contribution in [3.63, 3.8) is 0 Å². The molecule has 0 aliphatic heterocycles. The molecule has 0 bridgehead atoms. The van der Waals surface area contributed by atoms with Gasteiger partial charge in [-0.3, -0.25) is 0 Å². The van der Waals surface area contributed by atoms with Crippen molar-refractivity contribution in [1.29, 1.82) is 0 Å². The summed E-state index contributed by atoms with van der Waals surface area (Å²) in [6, 6.07) is 18.7. The molecule has 112 valence electrons. The van der Waals surface area contributed by atoms with Gasteiger partial charge in [0.1, 0.15) is 5.82 Å². The Bertz CT molecular complexity index is 847. The molecule has 3 aromatic rings. The van der Waals surface area contributed by atoms with E-state index in [1.807, 2.05) is 25.1 Å². The van der Waals surface area contributed by atoms with Crippen LogP contribution in [0.15, 0.2) is 67.8 Å². The molecule has 2 heteroatoms. The highest BCUT2D eigenvalue weighted by Crippen LogP contribution is 2.28. The van der Waals surface area contributed by atoms with Crippen LogP contribution in [0.5, 0.6) is 0 Å². The lowest BCUT2D eigenvalue weighted by Gasteiger charge is -2.10. The number of hydrogen-bond donors (Lipinski definition) is 0. The Hall–Kier alpha value is -3.00. The molecule has 0 aliphatic rings. The summed E-state index contributed by atoms with van der Waals surface area (Å²) < 4.78 is 0. The molecule has 1 heterocycles. The molecular weight excluding hydrogens is 280 g/mol. The zero-order valence-electron chi connectivity index (χ0n) is 13.2. The van der Waals surface area contributed by atoms with E-state index < -0.39 is 0 Å². The first-order chi connectivity index (χ1) is 11.2. The molecule has 0 fully saturated rings. The van der Waals surface area contributed by atoms with Crippen molar-refractivity contribution in [3.05, 3.63) is 84.8 Å². The molecule has 0 saturated heterocycles. The second kappa shape index (κ2) is 6.41. The van der Waals surface area contributed by atoms with Crippen LogP contribution in [0.4, 0.5) is 0 Å². The maximum atomic E-state index is 4.60. The van der Waals surface area contributed by atoms with Crippen molar-refractivity contribution in [2.45, 2.75) is 6.92 Å². The Morgan fingerprint density at radius 3 is 1.96 bits per heavy atom. The minimum absolute atomic E-state index is 0.729. The van der Waals surface area contributed by atoms with Crippen LogP contribution in [0.25, 0.3) is 34.5 Å². The second-order valence-electron chi connectivity index (χ2n) is 5.27. The van der Waals surface area contributed by atoms with Gasteiger partial charge in [-0.1, -0.05) is 73.8 Å². The lowest BCUT2D eigenvalue weighted by Crippen LogP contribution is -1.99. The van der Waals surface area contributed by atoms with Gasteiger partial charge < -0.3 is 0 Å². The van der Waals surface area contributed by atoms with Gasteiger partial charge in [0, 0.05) is 11.1 Å². The lowest BCUT2D eigenvalue weighted by molar-refractivity contribution is 1.04. The van der Waals surface area contributed by atoms with E-state index >= 15 is 0 Å². The highest BCUT2D eigenvalue weighted by molar-refractivity contribution is 5.77. The minimum Gasteiger partial charge on any atom is -0.233 e. The van der Waals surface area contributed by atoms with Gasteiger partial charge in [0.05, 0.1) is 11.4 Å². The molecule has 0 aliphatic carbocycles. The first-order valence-electron chi connectivity index (χ1n) is 7.52. The third kappa shape index (κ3) is 2.97. The quantitative estimate of drug-likeness (QED) is 0.644. The van der Waals surface area contributed by atoms with Crippen molar-refractivity contribution >= 4 is 12.2 Å². The SMILES string of the molecule is C=Cc1nc(C)nc(-c2ccc(-c3ccccc3)cc2)c1C=C. The first kappa shape index (κ1) is 14.9. The minimum atomic E-state index is 0.729. The Kier molecular flexibility index (Phi) is 4.15. The van der Waals surface area contributed by atoms with E-state index in [2.05, 4.69) is 59.5 Å². The number of aromatic nitrogens is 2. The smallest absolute Gasteiger partial charge is 0.126 e. The molecule has 2 nitrogen and oxygen atoms in total. The molecule has 0 unspecified atom stereocenters. The number of nitrogens with zero attached hydrogens (tertiary/aromatic N) is 2. The summed E-state index contributed by atoms with van der Waals surface area (Å²) in [4.78, 5) is 9.01. The summed E-state index contributed by atoms with van der Waals surface area (Å²) in [7, 11) is 0. The van der Waals surface area contributed by atoms with Gasteiger partial charge in [-0.25, -0.2) is 9.97 Å². The van der Waals surface area contributed by atoms with Crippen LogP contribution in [-0.4, -0.2) is 9.97 Å². The number of aryl methyl sites for hydroxylation is 1. The maximum absolute atomic E-state index is 4.60. The van der Waals surface area contributed by atoms with Gasteiger partial charge in [0.2, 0.25) is 0 Å². The average molecular weight is 298 g/mol. The topological polar surface area (TPSA) is 25.8 Å². The van der Waals surface area contributed by atoms with E-state index in [0.717, 1.165) is 28.3 Å². The van der Waals surface area contributed by atoms with E-state index in [9.17, 15) is 0 Å². The molecule has 0 amide bonds. The predicted octanol–water partition coefficient (Wildman–Crippen LogP) is 5.41. The van der Waals surface area contributed by atoms with Gasteiger partial charge in [-0.05, 0) is 24.1 Å². The molecule has 3 rings (SSSR count). The largest absolute Gasteiger partial charge is 0.233 e. The van der Waals surface area contributed by atoms with Crippen molar-refractivity contribution in [1.82, 2.24) is 9.97 Å². The second-order valence-corrected chi connectivity index (χ2v) is 5.27. The lowest BCUT2D eigenvalue weighted by atomic mass is 10.00. The molecule has 23 heavy (non-hydrogen) atoms. The fourth-order valence-electron chi connectivity index (χ4n) is 2.63. The molecule has 0 radical (unpaired) electrons. The summed E-state index contributed by atoms with van der Waals surface area (Å²) in [5, 5.41) is 0. The third-order valence-electron chi connectivity index (χ3n) is 3.75. The number of hydrogen-bond acceptors (Lipinski definition) is 2. The van der Waals surface area contributed by atoms with Gasteiger partial charge in [-0.15, -0.1) is 0 Å². The molecule has 0 saturated carbocycles. The molecule has 0 atom stereocenters. The zero-order valence-corrected chi connectivity index (χ0v) is 13.2. The standard InChI is InChI=1S/C21H18N2/c1-4-19-20(5-2)22-15(3)23-21(19)18-13-11-17(12-14-18)16-9-7-6-8-10-16/h4-14H,1-2H2,3H3. The number of benzene rings is 2. The zero-order chi connectivity index (χ0) is 16.2. The van der Waals surface area contributed by atoms with Gasteiger partial charge in [0.15, 0.2) is 0 Å². The van der Waals surface area contributed by atoms with Crippen molar-refractivity contribution < 1.29 is 0 Å². The van der Waals surface area contributed by atoms with Crippen molar-refractivity contribution in [3.8, 4) is 22.4 Å². The van der Waals surface area contributed by atoms with Gasteiger partial charge >= 0.3 is 0 Å². The van der Waals surface area contributed by atoms with E-state index in [1.54, 1.807) is 12.2 Å². The fourth-order valence-corrected chi connectivity index (χ4v) is 2.63. The normalized spacial score (nSPS) is 10.3. The van der Waals surface area contributed by atoms with Crippen LogP contribution in [0, 0.1) is 6.92 Å². The highest BCUT2D eigenvalue weighted by Gasteiger charge is 2.10. The monoisotopic (exact) mass is 298 g/mol. The summed E-state index contributed by atoms with van der Waals surface area (Å²) >= 11 is 0. The average Bonchev–Trinajstić information content (AvgIpc) is 2.61. The Morgan fingerprint density at radius 2 is 1.35 bits per heavy atom. The Labute approximate surface area is 136 Å². The summed E-state index contributed by atoms with van der Waals surface area (Å²) in [6.07, 6.45) is 3.53. The van der Waals surface area contributed by atoms with Gasteiger partial charge in [-0.2, -0.15) is 0 Å². The maximum Gasteiger partial charge on any atom is 0.126 e. The Morgan fingerprint density at radius 1 is 0.739 bits per heavy atom. The van der Waals surface area contributed by atoms with Crippen molar-refractivity contribution in [2.75, 3.05) is 0 Å². The molecule has 1 aromatic heterocycles. The fraction of sp³-hybridized carbons (Fsp3) is 0.0476. The Balaban J connectivity index is 2.08. The molecule has 0 N–H and O–H groups in total. The van der Waals surface area contributed by atoms with E-state index in [1.165, 1.54) is 11.1 Å². The van der Waals surface area contributed by atoms with Crippen LogP contribution in [0.1, 0.15) is 17.1 Å². The molecular formula is C21H18N2. The first-order valence-corrected chi connectivity index (χ1v) is 7.52. The van der Waals surface area contributed by atoms with Crippen LogP contribution in [-0.2, 0) is 0 Å². The summed E-state index contributed by atoms with van der Waals surface area (Å²) in [6.45, 7) is 9.61. The summed E-state index contributed by atoms with van der Waals surface area (Å²) in [5.41, 5.74) is 6.06. The van der Waals surface area contributed by atoms with Crippen LogP contribution >= 0.6 is 0 Å². The molecule has 2 aromatic carbocycles. The number of rotatable bonds is 4. The van der Waals surface area contributed by atoms with E-state index in [0.29, 0.717) is 0 Å². The van der Waals surface area contributed by atoms with Crippen LogP contribution in [0.3, 0.4) is 0 Å². The summed E-state index contributed by atoms with van der Waals surface area (Å²) in [5.74, 6) is 0.729. The molecule has 0 spiro atoms. The third-order valence-corrected chi connectivity index (χ3v) is 3.75.